The lowest BCUT2D eigenvalue weighted by molar-refractivity contribution is 0.336. The molecule has 2 unspecified atom stereocenters. The molecule has 0 bridgehead atoms. The van der Waals surface area contributed by atoms with E-state index < -0.39 is 0 Å². The Morgan fingerprint density at radius 1 is 1.21 bits per heavy atom. The number of hydrogen-bond donors (Lipinski definition) is 1. The predicted molar refractivity (Wildman–Crippen MR) is 74.8 cm³/mol. The van der Waals surface area contributed by atoms with E-state index in [2.05, 4.69) is 29.2 Å². The molecule has 1 aromatic carbocycles. The molecule has 2 atom stereocenters. The predicted octanol–water partition coefficient (Wildman–Crippen LogP) is 2.70. The van der Waals surface area contributed by atoms with Gasteiger partial charge in [0.15, 0.2) is 5.82 Å². The normalized spacial score (nSPS) is 14.3. The lowest BCUT2D eigenvalue weighted by atomic mass is 10.0. The van der Waals surface area contributed by atoms with Crippen molar-refractivity contribution in [3.63, 3.8) is 0 Å². The second kappa shape index (κ2) is 6.48. The number of benzene rings is 1. The Bertz CT molecular complexity index is 495. The molecular weight excluding hydrogens is 238 g/mol. The Balaban J connectivity index is 1.94. The highest BCUT2D eigenvalue weighted by atomic mass is 16.5. The van der Waals surface area contributed by atoms with E-state index in [1.165, 1.54) is 5.56 Å². The third-order valence-corrected chi connectivity index (χ3v) is 3.47. The van der Waals surface area contributed by atoms with Gasteiger partial charge in [0.25, 0.3) is 0 Å². The third kappa shape index (κ3) is 3.64. The van der Waals surface area contributed by atoms with Crippen molar-refractivity contribution >= 4 is 0 Å². The zero-order valence-electron chi connectivity index (χ0n) is 11.5. The van der Waals surface area contributed by atoms with Crippen LogP contribution in [0.5, 0.6) is 0 Å². The van der Waals surface area contributed by atoms with E-state index in [0.717, 1.165) is 25.1 Å². The molecule has 4 nitrogen and oxygen atoms in total. The molecule has 0 amide bonds. The second-order valence-corrected chi connectivity index (χ2v) is 4.90. The number of rotatable bonds is 6. The number of nitrogens with zero attached hydrogens (tertiary/aromatic N) is 2. The Morgan fingerprint density at radius 2 is 1.95 bits per heavy atom. The molecule has 2 aromatic rings. The van der Waals surface area contributed by atoms with Crippen LogP contribution in [0.4, 0.5) is 0 Å². The van der Waals surface area contributed by atoms with Crippen molar-refractivity contribution in [1.82, 2.24) is 10.1 Å². The van der Waals surface area contributed by atoms with Crippen molar-refractivity contribution in [2.45, 2.75) is 45.1 Å². The summed E-state index contributed by atoms with van der Waals surface area (Å²) in [5, 5.41) is 4.03. The summed E-state index contributed by atoms with van der Waals surface area (Å²) in [6.45, 7) is 4.09. The van der Waals surface area contributed by atoms with Crippen LogP contribution in [0, 0.1) is 0 Å². The topological polar surface area (TPSA) is 64.9 Å². The van der Waals surface area contributed by atoms with Gasteiger partial charge in [-0.15, -0.1) is 0 Å². The van der Waals surface area contributed by atoms with E-state index in [1.54, 1.807) is 0 Å². The van der Waals surface area contributed by atoms with Gasteiger partial charge in [-0.2, -0.15) is 4.98 Å². The smallest absolute Gasteiger partial charge is 0.231 e. The van der Waals surface area contributed by atoms with Crippen molar-refractivity contribution in [2.24, 2.45) is 5.73 Å². The van der Waals surface area contributed by atoms with Gasteiger partial charge >= 0.3 is 0 Å². The highest BCUT2D eigenvalue weighted by Gasteiger charge is 2.19. The summed E-state index contributed by atoms with van der Waals surface area (Å²) in [6, 6.07) is 10.4. The van der Waals surface area contributed by atoms with Gasteiger partial charge in [0.2, 0.25) is 5.89 Å². The minimum absolute atomic E-state index is 0.0717. The standard InChI is InChI=1S/C15H21N3O/c1-3-13(16)11(2)15-17-14(18-19-15)10-9-12-7-5-4-6-8-12/h4-8,11,13H,3,9-10,16H2,1-2H3. The van der Waals surface area contributed by atoms with Crippen LogP contribution >= 0.6 is 0 Å². The summed E-state index contributed by atoms with van der Waals surface area (Å²) in [5.74, 6) is 1.52. The fraction of sp³-hybridized carbons (Fsp3) is 0.467. The molecule has 2 rings (SSSR count). The largest absolute Gasteiger partial charge is 0.339 e. The Hall–Kier alpha value is -1.68. The summed E-state index contributed by atoms with van der Waals surface area (Å²) in [4.78, 5) is 4.44. The molecular formula is C15H21N3O. The van der Waals surface area contributed by atoms with Crippen LogP contribution < -0.4 is 5.73 Å². The van der Waals surface area contributed by atoms with Crippen LogP contribution in [0.1, 0.15) is 43.5 Å². The molecule has 0 aliphatic carbocycles. The molecule has 102 valence electrons. The molecule has 0 saturated heterocycles. The van der Waals surface area contributed by atoms with Crippen LogP contribution in [0.3, 0.4) is 0 Å². The Labute approximate surface area is 114 Å². The molecule has 0 spiro atoms. The van der Waals surface area contributed by atoms with Gasteiger partial charge in [-0.3, -0.25) is 0 Å². The lowest BCUT2D eigenvalue weighted by Crippen LogP contribution is -2.25. The maximum atomic E-state index is 6.00. The maximum absolute atomic E-state index is 6.00. The quantitative estimate of drug-likeness (QED) is 0.866. The van der Waals surface area contributed by atoms with Crippen molar-refractivity contribution in [3.05, 3.63) is 47.6 Å². The van der Waals surface area contributed by atoms with Gasteiger partial charge in [0.1, 0.15) is 0 Å². The Kier molecular flexibility index (Phi) is 4.68. The number of aryl methyl sites for hydroxylation is 2. The van der Waals surface area contributed by atoms with E-state index in [1.807, 2.05) is 25.1 Å². The first-order valence-corrected chi connectivity index (χ1v) is 6.82. The first-order chi connectivity index (χ1) is 9.20. The van der Waals surface area contributed by atoms with Gasteiger partial charge in [0, 0.05) is 12.5 Å². The van der Waals surface area contributed by atoms with Gasteiger partial charge in [-0.1, -0.05) is 49.3 Å². The fourth-order valence-corrected chi connectivity index (χ4v) is 1.99. The first kappa shape index (κ1) is 13.7. The molecule has 0 saturated carbocycles. The van der Waals surface area contributed by atoms with E-state index in [-0.39, 0.29) is 12.0 Å². The summed E-state index contributed by atoms with van der Waals surface area (Å²) >= 11 is 0. The van der Waals surface area contributed by atoms with E-state index in [9.17, 15) is 0 Å². The molecule has 19 heavy (non-hydrogen) atoms. The second-order valence-electron chi connectivity index (χ2n) is 4.90. The van der Waals surface area contributed by atoms with Gasteiger partial charge < -0.3 is 10.3 Å². The van der Waals surface area contributed by atoms with Crippen LogP contribution in [-0.2, 0) is 12.8 Å². The SMILES string of the molecule is CCC(N)C(C)c1nc(CCc2ccccc2)no1. The minimum Gasteiger partial charge on any atom is -0.339 e. The van der Waals surface area contributed by atoms with Gasteiger partial charge in [-0.25, -0.2) is 0 Å². The molecule has 4 heteroatoms. The van der Waals surface area contributed by atoms with E-state index in [4.69, 9.17) is 10.3 Å². The number of hydrogen-bond acceptors (Lipinski definition) is 4. The molecule has 0 aliphatic heterocycles. The van der Waals surface area contributed by atoms with Crippen LogP contribution in [0.15, 0.2) is 34.9 Å². The maximum Gasteiger partial charge on any atom is 0.231 e. The highest BCUT2D eigenvalue weighted by Crippen LogP contribution is 2.18. The summed E-state index contributed by atoms with van der Waals surface area (Å²) in [7, 11) is 0. The van der Waals surface area contributed by atoms with Crippen LogP contribution in [-0.4, -0.2) is 16.2 Å². The summed E-state index contributed by atoms with van der Waals surface area (Å²) in [6.07, 6.45) is 2.62. The van der Waals surface area contributed by atoms with Gasteiger partial charge in [-0.05, 0) is 18.4 Å². The highest BCUT2D eigenvalue weighted by molar-refractivity contribution is 5.15. The molecule has 0 aliphatic rings. The van der Waals surface area contributed by atoms with E-state index >= 15 is 0 Å². The number of aromatic nitrogens is 2. The van der Waals surface area contributed by atoms with Gasteiger partial charge in [0.05, 0.1) is 5.92 Å². The third-order valence-electron chi connectivity index (χ3n) is 3.47. The number of nitrogens with two attached hydrogens (primary N) is 1. The monoisotopic (exact) mass is 259 g/mol. The average molecular weight is 259 g/mol. The molecule has 0 fully saturated rings. The average Bonchev–Trinajstić information content (AvgIpc) is 2.93. The van der Waals surface area contributed by atoms with Crippen molar-refractivity contribution < 1.29 is 4.52 Å². The fourth-order valence-electron chi connectivity index (χ4n) is 1.99. The minimum atomic E-state index is 0.0717. The van der Waals surface area contributed by atoms with Crippen LogP contribution in [0.2, 0.25) is 0 Å². The van der Waals surface area contributed by atoms with Crippen molar-refractivity contribution in [2.75, 3.05) is 0 Å². The summed E-state index contributed by atoms with van der Waals surface area (Å²) < 4.78 is 5.30. The van der Waals surface area contributed by atoms with Crippen molar-refractivity contribution in [1.29, 1.82) is 0 Å². The molecule has 2 N–H and O–H groups in total. The molecule has 1 heterocycles. The van der Waals surface area contributed by atoms with E-state index in [0.29, 0.717) is 5.89 Å². The summed E-state index contributed by atoms with van der Waals surface area (Å²) in [5.41, 5.74) is 7.28. The zero-order chi connectivity index (χ0) is 13.7. The first-order valence-electron chi connectivity index (χ1n) is 6.82. The van der Waals surface area contributed by atoms with Crippen molar-refractivity contribution in [3.8, 4) is 0 Å². The Morgan fingerprint density at radius 3 is 2.63 bits per heavy atom. The lowest BCUT2D eigenvalue weighted by Gasteiger charge is -2.13. The molecule has 0 radical (unpaired) electrons. The zero-order valence-corrected chi connectivity index (χ0v) is 11.5. The van der Waals surface area contributed by atoms with Crippen LogP contribution in [0.25, 0.3) is 0 Å². The molecule has 1 aromatic heterocycles.